The lowest BCUT2D eigenvalue weighted by Gasteiger charge is -2.40. The van der Waals surface area contributed by atoms with Gasteiger partial charge in [0.1, 0.15) is 12.1 Å². The van der Waals surface area contributed by atoms with E-state index in [1.54, 1.807) is 0 Å². The summed E-state index contributed by atoms with van der Waals surface area (Å²) in [5, 5.41) is 18.2. The molecule has 6 N–H and O–H groups in total. The molecule has 33 heavy (non-hydrogen) atoms. The number of rotatable bonds is 10. The highest BCUT2D eigenvalue weighted by Gasteiger charge is 2.61. The number of nitrogens with one attached hydrogen (secondary N) is 3. The van der Waals surface area contributed by atoms with Crippen LogP contribution in [0.5, 0.6) is 0 Å². The van der Waals surface area contributed by atoms with Crippen LogP contribution in [0.2, 0.25) is 0 Å². The largest absolute Gasteiger partial charge is 0.480 e. The van der Waals surface area contributed by atoms with E-state index in [0.29, 0.717) is 31.7 Å². The quantitative estimate of drug-likeness (QED) is 0.317. The van der Waals surface area contributed by atoms with Gasteiger partial charge < -0.3 is 26.8 Å². The number of carbonyl (C=O) groups is 3. The molecule has 8 nitrogen and oxygen atoms in total. The predicted octanol–water partition coefficient (Wildman–Crippen LogP) is 3.15. The molecule has 0 saturated heterocycles. The molecule has 3 rings (SSSR count). The lowest BCUT2D eigenvalue weighted by Crippen LogP contribution is -2.58. The van der Waals surface area contributed by atoms with Crippen LogP contribution in [0.3, 0.4) is 0 Å². The molecule has 5 atom stereocenters. The van der Waals surface area contributed by atoms with Crippen LogP contribution in [0.25, 0.3) is 0 Å². The van der Waals surface area contributed by atoms with E-state index in [0.717, 1.165) is 44.9 Å². The number of carboxylic acid groups (broad SMARTS) is 1. The normalized spacial score (nSPS) is 30.4. The second kappa shape index (κ2) is 10.6. The second-order valence-electron chi connectivity index (χ2n) is 11.3. The van der Waals surface area contributed by atoms with E-state index in [9.17, 15) is 19.5 Å². The van der Waals surface area contributed by atoms with Crippen molar-refractivity contribution < 1.29 is 19.5 Å². The summed E-state index contributed by atoms with van der Waals surface area (Å²) < 4.78 is 0. The Morgan fingerprint density at radius 3 is 2.27 bits per heavy atom. The molecule has 3 saturated carbocycles. The van der Waals surface area contributed by atoms with Crippen molar-refractivity contribution in [2.24, 2.45) is 28.4 Å². The zero-order valence-electron chi connectivity index (χ0n) is 20.6. The highest BCUT2D eigenvalue weighted by molar-refractivity contribution is 5.89. The van der Waals surface area contributed by atoms with Gasteiger partial charge in [0.2, 0.25) is 5.91 Å². The van der Waals surface area contributed by atoms with E-state index in [2.05, 4.69) is 36.7 Å². The van der Waals surface area contributed by atoms with Gasteiger partial charge in [-0.1, -0.05) is 40.0 Å². The maximum Gasteiger partial charge on any atom is 0.326 e. The molecule has 0 aliphatic heterocycles. The lowest BCUT2D eigenvalue weighted by atomic mass is 9.69. The summed E-state index contributed by atoms with van der Waals surface area (Å²) in [5.74, 6) is -0.508. The first-order chi connectivity index (χ1) is 15.6. The fourth-order valence-corrected chi connectivity index (χ4v) is 6.64. The van der Waals surface area contributed by atoms with Crippen molar-refractivity contribution in [3.05, 3.63) is 0 Å². The van der Waals surface area contributed by atoms with Crippen molar-refractivity contribution in [2.75, 3.05) is 6.54 Å². The summed E-state index contributed by atoms with van der Waals surface area (Å²) in [5.41, 5.74) is 5.75. The number of carbonyl (C=O) groups excluding carboxylic acids is 2. The smallest absolute Gasteiger partial charge is 0.326 e. The third-order valence-corrected chi connectivity index (χ3v) is 9.35. The standard InChI is InChI=1S/C25H44N4O4/c1-24(2)17-12-13-25(24,3)19(15-17)28-21(30)20(16-9-5-4-6-10-16)29-23(33)27-18(22(31)32)11-7-8-14-26/h16-20H,4-15,26H2,1-3H3,(H,28,30)(H,31,32)(H2,27,29,33)/t17-,18?,19+,20-,25+/m1/s1. The Labute approximate surface area is 198 Å². The van der Waals surface area contributed by atoms with Crippen molar-refractivity contribution in [1.29, 1.82) is 0 Å². The molecule has 3 fully saturated rings. The summed E-state index contributed by atoms with van der Waals surface area (Å²) in [6.07, 6.45) is 9.99. The molecule has 0 aromatic rings. The third-order valence-electron chi connectivity index (χ3n) is 9.35. The van der Waals surface area contributed by atoms with Gasteiger partial charge in [-0.2, -0.15) is 0 Å². The minimum Gasteiger partial charge on any atom is -0.480 e. The topological polar surface area (TPSA) is 134 Å². The van der Waals surface area contributed by atoms with E-state index in [4.69, 9.17) is 5.73 Å². The van der Waals surface area contributed by atoms with Gasteiger partial charge >= 0.3 is 12.0 Å². The number of fused-ring (bicyclic) bond motifs is 2. The van der Waals surface area contributed by atoms with Crippen molar-refractivity contribution in [2.45, 2.75) is 110 Å². The summed E-state index contributed by atoms with van der Waals surface area (Å²) in [6, 6.07) is -2.11. The van der Waals surface area contributed by atoms with Crippen LogP contribution in [-0.4, -0.2) is 47.7 Å². The van der Waals surface area contributed by atoms with Crippen LogP contribution in [0.15, 0.2) is 0 Å². The van der Waals surface area contributed by atoms with Gasteiger partial charge in [-0.3, -0.25) is 4.79 Å². The summed E-state index contributed by atoms with van der Waals surface area (Å²) in [6.45, 7) is 7.41. The zero-order chi connectivity index (χ0) is 24.2. The van der Waals surface area contributed by atoms with E-state index < -0.39 is 24.1 Å². The monoisotopic (exact) mass is 464 g/mol. The zero-order valence-corrected chi connectivity index (χ0v) is 20.6. The van der Waals surface area contributed by atoms with Crippen molar-refractivity contribution in [3.63, 3.8) is 0 Å². The third kappa shape index (κ3) is 5.47. The summed E-state index contributed by atoms with van der Waals surface area (Å²) in [7, 11) is 0. The first-order valence-corrected chi connectivity index (χ1v) is 12.9. The highest BCUT2D eigenvalue weighted by atomic mass is 16.4. The highest BCUT2D eigenvalue weighted by Crippen LogP contribution is 2.65. The molecule has 2 bridgehead atoms. The van der Waals surface area contributed by atoms with Gasteiger partial charge in [-0.15, -0.1) is 0 Å². The maximum atomic E-state index is 13.5. The van der Waals surface area contributed by atoms with Crippen LogP contribution in [0.4, 0.5) is 4.79 Å². The molecule has 1 unspecified atom stereocenters. The average Bonchev–Trinajstić information content (AvgIpc) is 3.11. The van der Waals surface area contributed by atoms with Gasteiger partial charge in [0, 0.05) is 6.04 Å². The Bertz CT molecular complexity index is 721. The van der Waals surface area contributed by atoms with Crippen molar-refractivity contribution in [1.82, 2.24) is 16.0 Å². The molecule has 0 aromatic heterocycles. The van der Waals surface area contributed by atoms with Crippen LogP contribution in [-0.2, 0) is 9.59 Å². The molecule has 0 heterocycles. The van der Waals surface area contributed by atoms with Gasteiger partial charge in [0.15, 0.2) is 0 Å². The van der Waals surface area contributed by atoms with Crippen LogP contribution in [0, 0.1) is 22.7 Å². The Morgan fingerprint density at radius 1 is 1.03 bits per heavy atom. The number of amides is 3. The van der Waals surface area contributed by atoms with Crippen LogP contribution >= 0.6 is 0 Å². The SMILES string of the molecule is CC1(C)[C@@H]2CC[C@@]1(C)[C@@H](NC(=O)[C@H](NC(=O)NC(CCCCN)C(=O)O)C1CCCCC1)C2. The first kappa shape index (κ1) is 25.8. The predicted molar refractivity (Wildman–Crippen MR) is 128 cm³/mol. The van der Waals surface area contributed by atoms with Crippen molar-refractivity contribution >= 4 is 17.9 Å². The minimum atomic E-state index is -1.07. The van der Waals surface area contributed by atoms with E-state index in [1.165, 1.54) is 6.42 Å². The van der Waals surface area contributed by atoms with Gasteiger partial charge in [-0.05, 0) is 80.6 Å². The summed E-state index contributed by atoms with van der Waals surface area (Å²) >= 11 is 0. The Kier molecular flexibility index (Phi) is 8.30. The molecule has 0 aromatic carbocycles. The number of hydrogen-bond donors (Lipinski definition) is 5. The number of carboxylic acids is 1. The molecule has 0 radical (unpaired) electrons. The minimum absolute atomic E-state index is 0.0596. The molecule has 3 aliphatic rings. The van der Waals surface area contributed by atoms with Crippen molar-refractivity contribution in [3.8, 4) is 0 Å². The molecule has 0 spiro atoms. The number of aliphatic carboxylic acids is 1. The molecular formula is C25H44N4O4. The Hall–Kier alpha value is -1.83. The fraction of sp³-hybridized carbons (Fsp3) is 0.880. The number of unbranched alkanes of at least 4 members (excludes halogenated alkanes) is 1. The van der Waals surface area contributed by atoms with Gasteiger partial charge in [-0.25, -0.2) is 9.59 Å². The average molecular weight is 465 g/mol. The molecule has 3 aliphatic carbocycles. The van der Waals surface area contributed by atoms with E-state index in [-0.39, 0.29) is 28.7 Å². The van der Waals surface area contributed by atoms with E-state index in [1.807, 2.05) is 0 Å². The number of hydrogen-bond acceptors (Lipinski definition) is 4. The lowest BCUT2D eigenvalue weighted by molar-refractivity contribution is -0.139. The Morgan fingerprint density at radius 2 is 1.73 bits per heavy atom. The second-order valence-corrected chi connectivity index (χ2v) is 11.3. The van der Waals surface area contributed by atoms with Crippen LogP contribution < -0.4 is 21.7 Å². The molecule has 8 heteroatoms. The van der Waals surface area contributed by atoms with Gasteiger partial charge in [0.05, 0.1) is 0 Å². The molecular weight excluding hydrogens is 420 g/mol. The fourth-order valence-electron chi connectivity index (χ4n) is 6.64. The first-order valence-electron chi connectivity index (χ1n) is 12.9. The van der Waals surface area contributed by atoms with Crippen LogP contribution in [0.1, 0.15) is 91.4 Å². The van der Waals surface area contributed by atoms with E-state index >= 15 is 0 Å². The molecule has 188 valence electrons. The molecule has 3 amide bonds. The summed E-state index contributed by atoms with van der Waals surface area (Å²) in [4.78, 5) is 37.9. The number of urea groups is 1. The van der Waals surface area contributed by atoms with Gasteiger partial charge in [0.25, 0.3) is 0 Å². The Balaban J connectivity index is 1.66. The maximum absolute atomic E-state index is 13.5. The number of nitrogens with two attached hydrogens (primary N) is 1.